The lowest BCUT2D eigenvalue weighted by Gasteiger charge is -2.43. The molecule has 0 saturated carbocycles. The van der Waals surface area contributed by atoms with Gasteiger partial charge in [0.2, 0.25) is 5.91 Å². The summed E-state index contributed by atoms with van der Waals surface area (Å²) in [6.07, 6.45) is 2.34. The first-order chi connectivity index (χ1) is 11.5. The first-order valence-electron chi connectivity index (χ1n) is 8.66. The van der Waals surface area contributed by atoms with Crippen molar-refractivity contribution >= 4 is 17.2 Å². The van der Waals surface area contributed by atoms with Gasteiger partial charge in [0.1, 0.15) is 6.61 Å². The molecule has 0 aromatic carbocycles. The Labute approximate surface area is 148 Å². The number of hydrogen-bond donors (Lipinski definition) is 0. The molecule has 134 valence electrons. The van der Waals surface area contributed by atoms with Crippen molar-refractivity contribution in [1.82, 2.24) is 9.80 Å². The van der Waals surface area contributed by atoms with Crippen LogP contribution in [0.5, 0.6) is 0 Å². The quantitative estimate of drug-likeness (QED) is 0.787. The number of likely N-dealkylation sites (tertiary alicyclic amines) is 1. The second-order valence-corrected chi connectivity index (χ2v) is 8.64. The van der Waals surface area contributed by atoms with Crippen LogP contribution in [0, 0.1) is 12.3 Å². The molecule has 0 radical (unpaired) electrons. The average molecular weight is 353 g/mol. The third-order valence-corrected chi connectivity index (χ3v) is 6.12. The molecule has 1 aromatic heterocycles. The number of aryl methyl sites for hydroxylation is 1. The molecule has 1 aromatic rings. The molecule has 0 spiro atoms. The minimum absolute atomic E-state index is 0.0172. The first kappa shape index (κ1) is 17.9. The largest absolute Gasteiger partial charge is 0.377 e. The van der Waals surface area contributed by atoms with Crippen LogP contribution in [0.4, 0.5) is 0 Å². The van der Waals surface area contributed by atoms with Gasteiger partial charge in [-0.1, -0.05) is 0 Å². The Morgan fingerprint density at radius 2 is 2.33 bits per heavy atom. The number of thiophene rings is 1. The maximum absolute atomic E-state index is 11.7. The fraction of sp³-hybridized carbons (Fsp3) is 0.722. The maximum Gasteiger partial charge on any atom is 0.248 e. The third kappa shape index (κ3) is 3.99. The van der Waals surface area contributed by atoms with E-state index < -0.39 is 0 Å². The van der Waals surface area contributed by atoms with Crippen molar-refractivity contribution in [2.24, 2.45) is 5.41 Å². The molecule has 3 heterocycles. The van der Waals surface area contributed by atoms with Gasteiger partial charge in [0.05, 0.1) is 12.7 Å². The Kier molecular flexibility index (Phi) is 5.59. The van der Waals surface area contributed by atoms with E-state index in [4.69, 9.17) is 9.47 Å². The molecule has 5 nitrogen and oxygen atoms in total. The highest BCUT2D eigenvalue weighted by Crippen LogP contribution is 2.41. The van der Waals surface area contributed by atoms with E-state index >= 15 is 0 Å². The van der Waals surface area contributed by atoms with Crippen LogP contribution >= 0.6 is 11.3 Å². The summed E-state index contributed by atoms with van der Waals surface area (Å²) >= 11 is 1.88. The Morgan fingerprint density at radius 3 is 3.04 bits per heavy atom. The number of amides is 1. The van der Waals surface area contributed by atoms with Gasteiger partial charge < -0.3 is 14.4 Å². The number of nitrogens with zero attached hydrogens (tertiary/aromatic N) is 2. The monoisotopic (exact) mass is 352 g/mol. The van der Waals surface area contributed by atoms with Gasteiger partial charge in [-0.2, -0.15) is 0 Å². The second-order valence-electron chi connectivity index (χ2n) is 7.26. The Bertz CT molecular complexity index is 574. The molecule has 3 rings (SSSR count). The zero-order valence-electron chi connectivity index (χ0n) is 14.9. The van der Waals surface area contributed by atoms with Gasteiger partial charge >= 0.3 is 0 Å². The van der Waals surface area contributed by atoms with E-state index in [2.05, 4.69) is 24.0 Å². The molecule has 0 N–H and O–H groups in total. The van der Waals surface area contributed by atoms with Crippen molar-refractivity contribution in [1.29, 1.82) is 0 Å². The van der Waals surface area contributed by atoms with E-state index in [0.29, 0.717) is 6.61 Å². The fourth-order valence-electron chi connectivity index (χ4n) is 3.74. The lowest BCUT2D eigenvalue weighted by atomic mass is 9.77. The number of piperidine rings is 1. The van der Waals surface area contributed by atoms with Crippen LogP contribution in [-0.2, 0) is 20.8 Å². The van der Waals surface area contributed by atoms with E-state index in [9.17, 15) is 4.79 Å². The van der Waals surface area contributed by atoms with Crippen LogP contribution in [0.25, 0.3) is 0 Å². The molecular formula is C18H28N2O3S. The van der Waals surface area contributed by atoms with E-state index in [1.54, 1.807) is 19.0 Å². The summed E-state index contributed by atoms with van der Waals surface area (Å²) in [6.45, 7) is 6.79. The summed E-state index contributed by atoms with van der Waals surface area (Å²) in [5.74, 6) is 0.0172. The summed E-state index contributed by atoms with van der Waals surface area (Å²) < 4.78 is 11.8. The highest BCUT2D eigenvalue weighted by atomic mass is 32.1. The summed E-state index contributed by atoms with van der Waals surface area (Å²) in [7, 11) is 3.52. The number of ether oxygens (including phenoxy) is 2. The number of hydrogen-bond acceptors (Lipinski definition) is 5. The topological polar surface area (TPSA) is 42.0 Å². The number of carbonyl (C=O) groups is 1. The number of fused-ring (bicyclic) bond motifs is 1. The van der Waals surface area contributed by atoms with Crippen LogP contribution < -0.4 is 0 Å². The molecule has 0 aliphatic carbocycles. The predicted molar refractivity (Wildman–Crippen MR) is 95.3 cm³/mol. The fourth-order valence-corrected chi connectivity index (χ4v) is 4.68. The zero-order chi connectivity index (χ0) is 17.2. The van der Waals surface area contributed by atoms with Crippen molar-refractivity contribution in [3.8, 4) is 0 Å². The number of carbonyl (C=O) groups excluding carboxylic acids is 1. The van der Waals surface area contributed by atoms with Crippen molar-refractivity contribution < 1.29 is 14.3 Å². The van der Waals surface area contributed by atoms with Gasteiger partial charge in [-0.15, -0.1) is 11.3 Å². The van der Waals surface area contributed by atoms with E-state index in [1.807, 2.05) is 11.3 Å². The van der Waals surface area contributed by atoms with Crippen molar-refractivity contribution in [3.05, 3.63) is 21.9 Å². The van der Waals surface area contributed by atoms with E-state index in [-0.39, 0.29) is 24.0 Å². The molecule has 0 unspecified atom stereocenters. The highest BCUT2D eigenvalue weighted by molar-refractivity contribution is 7.11. The molecule has 6 heteroatoms. The first-order valence-corrected chi connectivity index (χ1v) is 9.47. The number of rotatable bonds is 6. The van der Waals surface area contributed by atoms with E-state index in [1.165, 1.54) is 9.75 Å². The van der Waals surface area contributed by atoms with E-state index in [0.717, 1.165) is 39.1 Å². The minimum atomic E-state index is 0.0172. The maximum atomic E-state index is 11.7. The molecule has 2 atom stereocenters. The third-order valence-electron chi connectivity index (χ3n) is 5.14. The number of likely N-dealkylation sites (N-methyl/N-ethyl adjacent to an activating group) is 1. The minimum Gasteiger partial charge on any atom is -0.377 e. The van der Waals surface area contributed by atoms with Gasteiger partial charge in [-0.3, -0.25) is 9.69 Å². The molecular weight excluding hydrogens is 324 g/mol. The predicted octanol–water partition coefficient (Wildman–Crippen LogP) is 2.14. The molecule has 1 amide bonds. The lowest BCUT2D eigenvalue weighted by Crippen LogP contribution is -2.51. The molecule has 2 saturated heterocycles. The van der Waals surface area contributed by atoms with Crippen molar-refractivity contribution in [2.45, 2.75) is 32.4 Å². The van der Waals surface area contributed by atoms with Crippen LogP contribution in [0.2, 0.25) is 0 Å². The van der Waals surface area contributed by atoms with Gasteiger partial charge in [0.25, 0.3) is 0 Å². The summed E-state index contributed by atoms with van der Waals surface area (Å²) in [4.78, 5) is 18.6. The summed E-state index contributed by atoms with van der Waals surface area (Å²) in [5.41, 5.74) is 0.0388. The van der Waals surface area contributed by atoms with Crippen LogP contribution in [0.3, 0.4) is 0 Å². The van der Waals surface area contributed by atoms with Crippen LogP contribution in [0.1, 0.15) is 22.6 Å². The smallest absolute Gasteiger partial charge is 0.248 e. The Hall–Kier alpha value is -0.950. The Morgan fingerprint density at radius 1 is 1.50 bits per heavy atom. The lowest BCUT2D eigenvalue weighted by molar-refractivity contribution is -0.136. The van der Waals surface area contributed by atoms with Crippen molar-refractivity contribution in [2.75, 3.05) is 47.0 Å². The molecule has 2 aliphatic rings. The Balaban J connectivity index is 1.59. The molecule has 24 heavy (non-hydrogen) atoms. The van der Waals surface area contributed by atoms with Crippen LogP contribution in [-0.4, -0.2) is 68.8 Å². The zero-order valence-corrected chi connectivity index (χ0v) is 15.7. The summed E-state index contributed by atoms with van der Waals surface area (Å²) in [6, 6.07) is 4.42. The van der Waals surface area contributed by atoms with Gasteiger partial charge in [-0.05, 0) is 31.9 Å². The standard InChI is InChI=1S/C18H28N2O3S/c1-14-4-5-15(24-14)10-20-8-6-16-18(12-20,7-9-23-16)13-22-11-17(21)19(2)3/h4-5,16H,6-13H2,1-3H3/t16-,18+/m1/s1. The van der Waals surface area contributed by atoms with Gasteiger partial charge in [-0.25, -0.2) is 0 Å². The normalized spacial score (nSPS) is 27.2. The molecule has 2 aliphatic heterocycles. The SMILES string of the molecule is Cc1ccc(CN2CC[C@H]3OCC[C@@]3(COCC(=O)N(C)C)C2)s1. The van der Waals surface area contributed by atoms with Crippen LogP contribution in [0.15, 0.2) is 12.1 Å². The van der Waals surface area contributed by atoms with Crippen molar-refractivity contribution in [3.63, 3.8) is 0 Å². The molecule has 2 fully saturated rings. The second kappa shape index (κ2) is 7.52. The van der Waals surface area contributed by atoms with Gasteiger partial charge in [0, 0.05) is 55.5 Å². The summed E-state index contributed by atoms with van der Waals surface area (Å²) in [5, 5.41) is 0. The average Bonchev–Trinajstić information content (AvgIpc) is 3.13. The van der Waals surface area contributed by atoms with Gasteiger partial charge in [0.15, 0.2) is 0 Å². The highest BCUT2D eigenvalue weighted by Gasteiger charge is 2.48. The molecule has 0 bridgehead atoms.